The summed E-state index contributed by atoms with van der Waals surface area (Å²) in [5, 5.41) is 5.65. The zero-order valence-electron chi connectivity index (χ0n) is 11.6. The molecule has 0 unspecified atom stereocenters. The highest BCUT2D eigenvalue weighted by Crippen LogP contribution is 2.28. The fraction of sp³-hybridized carbons (Fsp3) is 0.467. The highest BCUT2D eigenvalue weighted by molar-refractivity contribution is 5.92. The van der Waals surface area contributed by atoms with Gasteiger partial charge in [0.05, 0.1) is 12.8 Å². The molecule has 1 saturated carbocycles. The Hall–Kier alpha value is -2.04. The number of para-hydroxylation sites is 2. The number of carbonyl (C=O) groups excluding carboxylic acids is 2. The number of ether oxygens (including phenoxy) is 1. The monoisotopic (exact) mass is 276 g/mol. The van der Waals surface area contributed by atoms with Crippen molar-refractivity contribution in [3.8, 4) is 5.75 Å². The van der Waals surface area contributed by atoms with E-state index in [2.05, 4.69) is 10.6 Å². The van der Waals surface area contributed by atoms with E-state index < -0.39 is 0 Å². The summed E-state index contributed by atoms with van der Waals surface area (Å²) in [6, 6.07) is 7.28. The third-order valence-electron chi connectivity index (χ3n) is 3.21. The lowest BCUT2D eigenvalue weighted by atomic mass is 10.2. The number of anilines is 1. The van der Waals surface area contributed by atoms with Crippen molar-refractivity contribution in [1.29, 1.82) is 0 Å². The molecule has 0 aromatic heterocycles. The predicted molar refractivity (Wildman–Crippen MR) is 76.6 cm³/mol. The molecule has 0 saturated heterocycles. The number of amides is 2. The molecule has 1 fully saturated rings. The maximum absolute atomic E-state index is 11.8. The number of hydrogen-bond acceptors (Lipinski definition) is 3. The van der Waals surface area contributed by atoms with Crippen molar-refractivity contribution in [1.82, 2.24) is 5.32 Å². The summed E-state index contributed by atoms with van der Waals surface area (Å²) in [6.45, 7) is 0.550. The minimum Gasteiger partial charge on any atom is -0.495 e. The van der Waals surface area contributed by atoms with Gasteiger partial charge in [0.1, 0.15) is 5.75 Å². The van der Waals surface area contributed by atoms with E-state index in [1.807, 2.05) is 12.1 Å². The largest absolute Gasteiger partial charge is 0.495 e. The van der Waals surface area contributed by atoms with Crippen LogP contribution in [-0.4, -0.2) is 25.5 Å². The van der Waals surface area contributed by atoms with Gasteiger partial charge in [0.2, 0.25) is 11.8 Å². The zero-order chi connectivity index (χ0) is 14.4. The number of methoxy groups -OCH3 is 1. The quantitative estimate of drug-likeness (QED) is 0.748. The molecule has 0 radical (unpaired) electrons. The van der Waals surface area contributed by atoms with Gasteiger partial charge in [-0.15, -0.1) is 0 Å². The normalized spacial score (nSPS) is 13.7. The van der Waals surface area contributed by atoms with Crippen molar-refractivity contribution in [3.63, 3.8) is 0 Å². The average molecular weight is 276 g/mol. The molecule has 0 spiro atoms. The van der Waals surface area contributed by atoms with Crippen molar-refractivity contribution < 1.29 is 14.3 Å². The number of nitrogens with one attached hydrogen (secondary N) is 2. The lowest BCUT2D eigenvalue weighted by molar-refractivity contribution is -0.122. The third kappa shape index (κ3) is 4.26. The smallest absolute Gasteiger partial charge is 0.224 e. The molecule has 20 heavy (non-hydrogen) atoms. The summed E-state index contributed by atoms with van der Waals surface area (Å²) in [5.41, 5.74) is 0.669. The Bertz CT molecular complexity index is 484. The van der Waals surface area contributed by atoms with Crippen molar-refractivity contribution >= 4 is 17.5 Å². The van der Waals surface area contributed by atoms with Crippen LogP contribution in [0.1, 0.15) is 25.7 Å². The Kier molecular flexibility index (Phi) is 4.98. The lowest BCUT2D eigenvalue weighted by Gasteiger charge is -2.09. The summed E-state index contributed by atoms with van der Waals surface area (Å²) >= 11 is 0. The van der Waals surface area contributed by atoms with Crippen LogP contribution in [0, 0.1) is 5.92 Å². The van der Waals surface area contributed by atoms with E-state index in [1.54, 1.807) is 19.2 Å². The Morgan fingerprint density at radius 2 is 2.05 bits per heavy atom. The van der Waals surface area contributed by atoms with E-state index in [0.29, 0.717) is 30.8 Å². The molecule has 1 aromatic carbocycles. The van der Waals surface area contributed by atoms with Crippen LogP contribution < -0.4 is 15.4 Å². The first kappa shape index (κ1) is 14.4. The zero-order valence-corrected chi connectivity index (χ0v) is 11.6. The Labute approximate surface area is 118 Å². The minimum atomic E-state index is -0.0739. The van der Waals surface area contributed by atoms with E-state index in [4.69, 9.17) is 4.74 Å². The molecule has 5 heteroatoms. The van der Waals surface area contributed by atoms with E-state index >= 15 is 0 Å². The number of rotatable bonds is 7. The molecule has 1 aliphatic rings. The van der Waals surface area contributed by atoms with Gasteiger partial charge in [0.15, 0.2) is 0 Å². The predicted octanol–water partition coefficient (Wildman–Crippen LogP) is 1.94. The molecule has 5 nitrogen and oxygen atoms in total. The molecule has 1 aliphatic carbocycles. The maximum Gasteiger partial charge on any atom is 0.224 e. The maximum atomic E-state index is 11.8. The average Bonchev–Trinajstić information content (AvgIpc) is 3.28. The summed E-state index contributed by atoms with van der Waals surface area (Å²) in [6.07, 6.45) is 3.02. The van der Waals surface area contributed by atoms with Gasteiger partial charge >= 0.3 is 0 Å². The van der Waals surface area contributed by atoms with Crippen LogP contribution in [0.4, 0.5) is 5.69 Å². The first-order valence-electron chi connectivity index (χ1n) is 6.91. The summed E-state index contributed by atoms with van der Waals surface area (Å²) in [7, 11) is 1.57. The van der Waals surface area contributed by atoms with Crippen molar-refractivity contribution in [2.75, 3.05) is 19.0 Å². The highest BCUT2D eigenvalue weighted by Gasteiger charge is 2.28. The van der Waals surface area contributed by atoms with Crippen LogP contribution in [0.3, 0.4) is 0 Å². The minimum absolute atomic E-state index is 0.0739. The van der Waals surface area contributed by atoms with Crippen LogP contribution >= 0.6 is 0 Å². The van der Waals surface area contributed by atoms with Gasteiger partial charge in [-0.3, -0.25) is 9.59 Å². The Balaban J connectivity index is 1.68. The second-order valence-corrected chi connectivity index (χ2v) is 4.92. The van der Waals surface area contributed by atoms with Gasteiger partial charge < -0.3 is 15.4 Å². The summed E-state index contributed by atoms with van der Waals surface area (Å²) in [4.78, 5) is 23.2. The van der Waals surface area contributed by atoms with Crippen LogP contribution in [0.5, 0.6) is 5.75 Å². The first-order valence-corrected chi connectivity index (χ1v) is 6.91. The summed E-state index contributed by atoms with van der Waals surface area (Å²) < 4.78 is 5.16. The van der Waals surface area contributed by atoms with Gasteiger partial charge in [0, 0.05) is 18.9 Å². The van der Waals surface area contributed by atoms with Gasteiger partial charge in [-0.05, 0) is 31.4 Å². The first-order chi connectivity index (χ1) is 9.70. The van der Waals surface area contributed by atoms with Crippen molar-refractivity contribution in [2.24, 2.45) is 5.92 Å². The number of carbonyl (C=O) groups is 2. The van der Waals surface area contributed by atoms with Crippen LogP contribution in [-0.2, 0) is 9.59 Å². The molecule has 0 atom stereocenters. The van der Waals surface area contributed by atoms with E-state index in [-0.39, 0.29) is 17.7 Å². The van der Waals surface area contributed by atoms with Gasteiger partial charge in [-0.1, -0.05) is 12.1 Å². The van der Waals surface area contributed by atoms with Gasteiger partial charge in [-0.2, -0.15) is 0 Å². The van der Waals surface area contributed by atoms with Crippen LogP contribution in [0.2, 0.25) is 0 Å². The number of benzene rings is 1. The highest BCUT2D eigenvalue weighted by atomic mass is 16.5. The van der Waals surface area contributed by atoms with Crippen molar-refractivity contribution in [3.05, 3.63) is 24.3 Å². The van der Waals surface area contributed by atoms with Crippen LogP contribution in [0.25, 0.3) is 0 Å². The Morgan fingerprint density at radius 1 is 1.30 bits per heavy atom. The second-order valence-electron chi connectivity index (χ2n) is 4.92. The lowest BCUT2D eigenvalue weighted by Crippen LogP contribution is -2.26. The molecule has 0 aliphatic heterocycles. The molecule has 0 bridgehead atoms. The standard InChI is InChI=1S/C15H20N2O3/c1-20-13-6-3-2-5-12(13)17-14(18)7-4-10-16-15(19)11-8-9-11/h2-3,5-6,11H,4,7-10H2,1H3,(H,16,19)(H,17,18). The van der Waals surface area contributed by atoms with Gasteiger partial charge in [-0.25, -0.2) is 0 Å². The van der Waals surface area contributed by atoms with Crippen LogP contribution in [0.15, 0.2) is 24.3 Å². The molecule has 0 heterocycles. The second kappa shape index (κ2) is 6.93. The molecule has 2 N–H and O–H groups in total. The number of hydrogen-bond donors (Lipinski definition) is 2. The van der Waals surface area contributed by atoms with E-state index in [0.717, 1.165) is 12.8 Å². The fourth-order valence-electron chi connectivity index (χ4n) is 1.91. The molecule has 1 aromatic rings. The fourth-order valence-corrected chi connectivity index (χ4v) is 1.91. The van der Waals surface area contributed by atoms with E-state index in [1.165, 1.54) is 0 Å². The molecule has 2 rings (SSSR count). The summed E-state index contributed by atoms with van der Waals surface area (Å²) in [5.74, 6) is 0.908. The van der Waals surface area contributed by atoms with Crippen molar-refractivity contribution in [2.45, 2.75) is 25.7 Å². The third-order valence-corrected chi connectivity index (χ3v) is 3.21. The Morgan fingerprint density at radius 3 is 2.75 bits per heavy atom. The molecular formula is C15H20N2O3. The topological polar surface area (TPSA) is 67.4 Å². The van der Waals surface area contributed by atoms with Gasteiger partial charge in [0.25, 0.3) is 0 Å². The molecule has 108 valence electrons. The molecular weight excluding hydrogens is 256 g/mol. The molecule has 2 amide bonds. The SMILES string of the molecule is COc1ccccc1NC(=O)CCCNC(=O)C1CC1. The van der Waals surface area contributed by atoms with E-state index in [9.17, 15) is 9.59 Å².